The quantitative estimate of drug-likeness (QED) is 0.283. The second-order valence-electron chi connectivity index (χ2n) is 6.70. The summed E-state index contributed by atoms with van der Waals surface area (Å²) in [6.07, 6.45) is 1.07. The van der Waals surface area contributed by atoms with E-state index in [2.05, 4.69) is 15.2 Å². The molecule has 164 valence electrons. The Morgan fingerprint density at radius 1 is 1.06 bits per heavy atom. The number of sulfonamides is 1. The van der Waals surface area contributed by atoms with E-state index < -0.39 is 20.9 Å². The van der Waals surface area contributed by atoms with Gasteiger partial charge in [0, 0.05) is 28.9 Å². The Kier molecular flexibility index (Phi) is 6.50. The number of carbonyl (C=O) groups is 1. The van der Waals surface area contributed by atoms with Crippen molar-refractivity contribution in [2.45, 2.75) is 11.8 Å². The number of nitro benzene ring substituents is 1. The lowest BCUT2D eigenvalue weighted by atomic mass is 10.2. The van der Waals surface area contributed by atoms with Crippen LogP contribution in [0.2, 0.25) is 0 Å². The van der Waals surface area contributed by atoms with Crippen molar-refractivity contribution in [2.75, 3.05) is 4.72 Å². The van der Waals surface area contributed by atoms with Crippen LogP contribution >= 0.6 is 0 Å². The van der Waals surface area contributed by atoms with Gasteiger partial charge in [0.2, 0.25) is 0 Å². The monoisotopic (exact) mass is 454 g/mol. The number of hydrogen-bond acceptors (Lipinski definition) is 7. The number of benzene rings is 3. The summed E-state index contributed by atoms with van der Waals surface area (Å²) < 4.78 is 27.3. The molecule has 0 unspecified atom stereocenters. The predicted molar refractivity (Wildman–Crippen MR) is 118 cm³/mol. The largest absolute Gasteiger partial charge is 0.507 e. The number of hydrazone groups is 1. The average Bonchev–Trinajstić information content (AvgIpc) is 2.75. The van der Waals surface area contributed by atoms with E-state index in [0.717, 1.165) is 30.0 Å². The minimum Gasteiger partial charge on any atom is -0.507 e. The van der Waals surface area contributed by atoms with Crippen molar-refractivity contribution >= 4 is 33.5 Å². The molecule has 0 radical (unpaired) electrons. The van der Waals surface area contributed by atoms with Crippen LogP contribution in [0, 0.1) is 17.0 Å². The number of carbonyl (C=O) groups excluding carboxylic acids is 1. The Morgan fingerprint density at radius 2 is 1.72 bits per heavy atom. The molecule has 0 aliphatic heterocycles. The molecule has 0 saturated carbocycles. The molecule has 32 heavy (non-hydrogen) atoms. The molecule has 3 aromatic carbocycles. The van der Waals surface area contributed by atoms with Gasteiger partial charge in [0.15, 0.2) is 0 Å². The fourth-order valence-electron chi connectivity index (χ4n) is 2.61. The number of phenolic OH excluding ortho intramolecular Hbond substituents is 1. The Morgan fingerprint density at radius 3 is 2.34 bits per heavy atom. The van der Waals surface area contributed by atoms with Crippen molar-refractivity contribution in [1.29, 1.82) is 0 Å². The average molecular weight is 454 g/mol. The van der Waals surface area contributed by atoms with Gasteiger partial charge >= 0.3 is 0 Å². The Hall–Kier alpha value is -4.25. The van der Waals surface area contributed by atoms with Crippen molar-refractivity contribution in [2.24, 2.45) is 5.10 Å². The highest BCUT2D eigenvalue weighted by Crippen LogP contribution is 2.21. The molecule has 0 saturated heterocycles. The molecular weight excluding hydrogens is 436 g/mol. The van der Waals surface area contributed by atoms with E-state index in [0.29, 0.717) is 0 Å². The van der Waals surface area contributed by atoms with Crippen LogP contribution < -0.4 is 10.1 Å². The number of anilines is 1. The van der Waals surface area contributed by atoms with E-state index in [-0.39, 0.29) is 33.1 Å². The highest BCUT2D eigenvalue weighted by atomic mass is 32.2. The number of nitro groups is 1. The summed E-state index contributed by atoms with van der Waals surface area (Å²) >= 11 is 0. The SMILES string of the molecule is Cc1ccc(S(=O)(=O)Nc2ccc(C(=O)N/N=C\c3cc([N+](=O)[O-])ccc3O)cc2)cc1. The summed E-state index contributed by atoms with van der Waals surface area (Å²) in [6, 6.07) is 15.4. The number of phenols is 1. The molecule has 10 nitrogen and oxygen atoms in total. The second kappa shape index (κ2) is 9.27. The number of aromatic hydroxyl groups is 1. The molecule has 0 bridgehead atoms. The van der Waals surface area contributed by atoms with Crippen molar-refractivity contribution in [3.05, 3.63) is 93.5 Å². The van der Waals surface area contributed by atoms with Crippen LogP contribution in [0.5, 0.6) is 5.75 Å². The smallest absolute Gasteiger partial charge is 0.271 e. The lowest BCUT2D eigenvalue weighted by Crippen LogP contribution is -2.18. The van der Waals surface area contributed by atoms with Crippen molar-refractivity contribution < 1.29 is 23.2 Å². The number of non-ortho nitro benzene ring substituents is 1. The number of nitrogens with one attached hydrogen (secondary N) is 2. The molecule has 1 amide bonds. The minimum absolute atomic E-state index is 0.0559. The number of aryl methyl sites for hydroxylation is 1. The van der Waals surface area contributed by atoms with Gasteiger partial charge in [0.05, 0.1) is 16.0 Å². The number of hydrogen-bond donors (Lipinski definition) is 3. The zero-order valence-electron chi connectivity index (χ0n) is 16.7. The fraction of sp³-hybridized carbons (Fsp3) is 0.0476. The lowest BCUT2D eigenvalue weighted by Gasteiger charge is -2.09. The molecule has 0 heterocycles. The maximum atomic E-state index is 12.4. The van der Waals surface area contributed by atoms with Crippen LogP contribution in [0.25, 0.3) is 0 Å². The summed E-state index contributed by atoms with van der Waals surface area (Å²) in [5.74, 6) is -0.835. The Balaban J connectivity index is 1.65. The minimum atomic E-state index is -3.77. The van der Waals surface area contributed by atoms with Gasteiger partial charge in [-0.15, -0.1) is 0 Å². The van der Waals surface area contributed by atoms with Gasteiger partial charge < -0.3 is 5.11 Å². The van der Waals surface area contributed by atoms with Gasteiger partial charge in [-0.3, -0.25) is 19.6 Å². The van der Waals surface area contributed by atoms with Gasteiger partial charge in [-0.1, -0.05) is 17.7 Å². The van der Waals surface area contributed by atoms with Crippen molar-refractivity contribution in [3.8, 4) is 5.75 Å². The molecule has 3 rings (SSSR count). The number of nitrogens with zero attached hydrogens (tertiary/aromatic N) is 2. The van der Waals surface area contributed by atoms with Crippen LogP contribution in [0.15, 0.2) is 76.7 Å². The van der Waals surface area contributed by atoms with E-state index in [1.54, 1.807) is 12.1 Å². The van der Waals surface area contributed by atoms with Crippen LogP contribution in [-0.2, 0) is 10.0 Å². The van der Waals surface area contributed by atoms with E-state index in [1.807, 2.05) is 6.92 Å². The summed E-state index contributed by atoms with van der Waals surface area (Å²) in [7, 11) is -3.77. The molecular formula is C21H18N4O6S. The second-order valence-corrected chi connectivity index (χ2v) is 8.38. The zero-order chi connectivity index (χ0) is 23.3. The van der Waals surface area contributed by atoms with Crippen molar-refractivity contribution in [3.63, 3.8) is 0 Å². The van der Waals surface area contributed by atoms with Crippen LogP contribution in [0.3, 0.4) is 0 Å². The lowest BCUT2D eigenvalue weighted by molar-refractivity contribution is -0.384. The van der Waals surface area contributed by atoms with Crippen molar-refractivity contribution in [1.82, 2.24) is 5.43 Å². The van der Waals surface area contributed by atoms with Gasteiger partial charge in [0.25, 0.3) is 21.6 Å². The first-order valence-electron chi connectivity index (χ1n) is 9.16. The Labute approximate surface area is 183 Å². The predicted octanol–water partition coefficient (Wildman–Crippen LogP) is 3.17. The van der Waals surface area contributed by atoms with Crippen LogP contribution in [-0.4, -0.2) is 30.6 Å². The molecule has 11 heteroatoms. The molecule has 0 atom stereocenters. The molecule has 0 fully saturated rings. The van der Waals surface area contributed by atoms with E-state index in [4.69, 9.17) is 0 Å². The third-order valence-corrected chi connectivity index (χ3v) is 5.72. The summed E-state index contributed by atoms with van der Waals surface area (Å²) in [5.41, 5.74) is 3.45. The normalized spacial score (nSPS) is 11.3. The van der Waals surface area contributed by atoms with Gasteiger partial charge in [0.1, 0.15) is 5.75 Å². The first-order valence-corrected chi connectivity index (χ1v) is 10.6. The van der Waals surface area contributed by atoms with Crippen LogP contribution in [0.4, 0.5) is 11.4 Å². The molecule has 0 aliphatic rings. The van der Waals surface area contributed by atoms with Gasteiger partial charge in [-0.05, 0) is 49.4 Å². The highest BCUT2D eigenvalue weighted by molar-refractivity contribution is 7.92. The maximum absolute atomic E-state index is 12.4. The van der Waals surface area contributed by atoms with Crippen LogP contribution in [0.1, 0.15) is 21.5 Å². The van der Waals surface area contributed by atoms with E-state index in [1.165, 1.54) is 36.4 Å². The highest BCUT2D eigenvalue weighted by Gasteiger charge is 2.14. The van der Waals surface area contributed by atoms with Gasteiger partial charge in [-0.2, -0.15) is 5.10 Å². The Bertz CT molecular complexity index is 1290. The summed E-state index contributed by atoms with van der Waals surface area (Å²) in [5, 5.41) is 24.2. The standard InChI is InChI=1S/C21H18N4O6S/c1-14-2-9-19(10-3-14)32(30,31)24-17-6-4-15(5-7-17)21(27)23-22-13-16-12-18(25(28)29)8-11-20(16)26/h2-13,24,26H,1H3,(H,23,27)/b22-13-. The van der Waals surface area contributed by atoms with E-state index >= 15 is 0 Å². The molecule has 3 N–H and O–H groups in total. The van der Waals surface area contributed by atoms with Gasteiger partial charge in [-0.25, -0.2) is 13.8 Å². The molecule has 0 aromatic heterocycles. The third-order valence-electron chi connectivity index (χ3n) is 4.32. The third kappa shape index (κ3) is 5.46. The summed E-state index contributed by atoms with van der Waals surface area (Å²) in [4.78, 5) is 22.5. The summed E-state index contributed by atoms with van der Waals surface area (Å²) in [6.45, 7) is 1.85. The number of rotatable bonds is 7. The maximum Gasteiger partial charge on any atom is 0.271 e. The fourth-order valence-corrected chi connectivity index (χ4v) is 3.66. The first kappa shape index (κ1) is 22.4. The molecule has 0 spiro atoms. The zero-order valence-corrected chi connectivity index (χ0v) is 17.5. The van der Waals surface area contributed by atoms with E-state index in [9.17, 15) is 28.4 Å². The molecule has 0 aliphatic carbocycles. The topological polar surface area (TPSA) is 151 Å². The molecule has 3 aromatic rings. The number of amides is 1. The first-order chi connectivity index (χ1) is 15.2.